The largest absolute Gasteiger partial charge is 0.477 e. The number of rotatable bonds is 5. The monoisotopic (exact) mass is 251 g/mol. The molecule has 1 aromatic heterocycles. The van der Waals surface area contributed by atoms with Gasteiger partial charge >= 0.3 is 5.97 Å². The molecule has 17 heavy (non-hydrogen) atoms. The highest BCUT2D eigenvalue weighted by molar-refractivity contribution is 7.17. The Hall–Kier alpha value is -1.61. The summed E-state index contributed by atoms with van der Waals surface area (Å²) in [7, 11) is 0. The molecule has 0 aliphatic heterocycles. The second-order valence-electron chi connectivity index (χ2n) is 4.05. The highest BCUT2D eigenvalue weighted by Gasteiger charge is 2.31. The summed E-state index contributed by atoms with van der Waals surface area (Å²) in [5, 5.41) is 18.3. The molecule has 5 nitrogen and oxygen atoms in total. The zero-order valence-electron chi connectivity index (χ0n) is 9.51. The summed E-state index contributed by atoms with van der Waals surface area (Å²) in [6.07, 6.45) is 2.65. The molecule has 1 N–H and O–H groups in total. The molecule has 0 radical (unpaired) electrons. The Morgan fingerprint density at radius 2 is 2.41 bits per heavy atom. The van der Waals surface area contributed by atoms with Gasteiger partial charge in [0.25, 0.3) is 0 Å². The van der Waals surface area contributed by atoms with Gasteiger partial charge in [0.15, 0.2) is 5.13 Å². The van der Waals surface area contributed by atoms with Gasteiger partial charge < -0.3 is 10.0 Å². The molecule has 0 unspecified atom stereocenters. The van der Waals surface area contributed by atoms with Gasteiger partial charge in [-0.1, -0.05) is 11.3 Å². The lowest BCUT2D eigenvalue weighted by Crippen LogP contribution is -2.26. The van der Waals surface area contributed by atoms with Gasteiger partial charge in [-0.25, -0.2) is 9.78 Å². The van der Waals surface area contributed by atoms with E-state index in [1.807, 2.05) is 0 Å². The summed E-state index contributed by atoms with van der Waals surface area (Å²) >= 11 is 1.20. The zero-order valence-corrected chi connectivity index (χ0v) is 10.3. The molecule has 1 aromatic rings. The van der Waals surface area contributed by atoms with Crippen LogP contribution >= 0.6 is 11.3 Å². The van der Waals surface area contributed by atoms with E-state index >= 15 is 0 Å². The average Bonchev–Trinajstić information content (AvgIpc) is 3.02. The summed E-state index contributed by atoms with van der Waals surface area (Å²) in [5.41, 5.74) is 0.556. The predicted molar refractivity (Wildman–Crippen MR) is 64.4 cm³/mol. The lowest BCUT2D eigenvalue weighted by molar-refractivity contribution is 0.0701. The average molecular weight is 251 g/mol. The maximum Gasteiger partial charge on any atom is 0.347 e. The van der Waals surface area contributed by atoms with Crippen molar-refractivity contribution in [2.45, 2.75) is 32.2 Å². The fourth-order valence-corrected chi connectivity index (χ4v) is 2.70. The van der Waals surface area contributed by atoms with Crippen LogP contribution in [0, 0.1) is 18.3 Å². The molecule has 0 bridgehead atoms. The number of nitriles is 1. The fourth-order valence-electron chi connectivity index (χ4n) is 1.69. The van der Waals surface area contributed by atoms with Gasteiger partial charge in [0.05, 0.1) is 18.2 Å². The summed E-state index contributed by atoms with van der Waals surface area (Å²) in [4.78, 5) is 17.6. The Morgan fingerprint density at radius 1 is 1.71 bits per heavy atom. The molecule has 0 amide bonds. The topological polar surface area (TPSA) is 77.2 Å². The van der Waals surface area contributed by atoms with Crippen LogP contribution in [0.25, 0.3) is 0 Å². The highest BCUT2D eigenvalue weighted by Crippen LogP contribution is 2.35. The highest BCUT2D eigenvalue weighted by atomic mass is 32.1. The maximum atomic E-state index is 11.0. The second-order valence-corrected chi connectivity index (χ2v) is 5.03. The molecule has 1 saturated carbocycles. The minimum Gasteiger partial charge on any atom is -0.477 e. The van der Waals surface area contributed by atoms with Crippen LogP contribution in [0.2, 0.25) is 0 Å². The molecule has 1 heterocycles. The summed E-state index contributed by atoms with van der Waals surface area (Å²) in [6.45, 7) is 2.34. The Labute approximate surface area is 103 Å². The molecule has 6 heteroatoms. The number of aryl methyl sites for hydroxylation is 1. The molecule has 1 aliphatic carbocycles. The van der Waals surface area contributed by atoms with Crippen molar-refractivity contribution in [3.63, 3.8) is 0 Å². The van der Waals surface area contributed by atoms with Crippen LogP contribution in [-0.2, 0) is 0 Å². The molecule has 0 atom stereocenters. The van der Waals surface area contributed by atoms with Crippen LogP contribution < -0.4 is 4.90 Å². The third-order valence-corrected chi connectivity index (χ3v) is 3.86. The number of aromatic nitrogens is 1. The van der Waals surface area contributed by atoms with E-state index < -0.39 is 5.97 Å². The van der Waals surface area contributed by atoms with Crippen LogP contribution in [-0.4, -0.2) is 28.6 Å². The summed E-state index contributed by atoms with van der Waals surface area (Å²) < 4.78 is 0. The van der Waals surface area contributed by atoms with Crippen molar-refractivity contribution in [3.05, 3.63) is 10.6 Å². The van der Waals surface area contributed by atoms with Gasteiger partial charge in [0.2, 0.25) is 0 Å². The first kappa shape index (κ1) is 11.9. The van der Waals surface area contributed by atoms with E-state index in [4.69, 9.17) is 10.4 Å². The first-order valence-corrected chi connectivity index (χ1v) is 6.29. The van der Waals surface area contributed by atoms with Crippen molar-refractivity contribution in [1.29, 1.82) is 5.26 Å². The van der Waals surface area contributed by atoms with Crippen molar-refractivity contribution < 1.29 is 9.90 Å². The van der Waals surface area contributed by atoms with E-state index in [0.717, 1.165) is 18.0 Å². The number of nitrogens with zero attached hydrogens (tertiary/aromatic N) is 3. The van der Waals surface area contributed by atoms with Crippen molar-refractivity contribution in [3.8, 4) is 6.07 Å². The Kier molecular flexibility index (Phi) is 3.29. The minimum atomic E-state index is -0.928. The number of hydrogen-bond donors (Lipinski definition) is 1. The van der Waals surface area contributed by atoms with E-state index in [2.05, 4.69) is 16.0 Å². The van der Waals surface area contributed by atoms with Gasteiger partial charge in [-0.3, -0.25) is 0 Å². The molecular formula is C11H13N3O2S. The van der Waals surface area contributed by atoms with Gasteiger partial charge in [-0.2, -0.15) is 5.26 Å². The standard InChI is InChI=1S/C11H13N3O2S/c1-7-9(10(15)16)17-11(13-7)14(6-2-5-12)8-3-4-8/h8H,2-4,6H2,1H3,(H,15,16). The molecule has 0 spiro atoms. The van der Waals surface area contributed by atoms with Crippen LogP contribution in [0.5, 0.6) is 0 Å². The molecule has 90 valence electrons. The van der Waals surface area contributed by atoms with Gasteiger partial charge in [-0.15, -0.1) is 0 Å². The lowest BCUT2D eigenvalue weighted by Gasteiger charge is -2.19. The van der Waals surface area contributed by atoms with Crippen LogP contribution in [0.15, 0.2) is 0 Å². The molecule has 0 saturated heterocycles. The lowest BCUT2D eigenvalue weighted by atomic mass is 10.4. The number of thiazole rings is 1. The van der Waals surface area contributed by atoms with Crippen LogP contribution in [0.3, 0.4) is 0 Å². The van der Waals surface area contributed by atoms with E-state index in [0.29, 0.717) is 29.6 Å². The molecule has 0 aromatic carbocycles. The number of hydrogen-bond acceptors (Lipinski definition) is 5. The summed E-state index contributed by atoms with van der Waals surface area (Å²) in [5.74, 6) is -0.928. The zero-order chi connectivity index (χ0) is 12.4. The number of carboxylic acids is 1. The second kappa shape index (κ2) is 4.72. The van der Waals surface area contributed by atoms with Crippen molar-refractivity contribution in [2.75, 3.05) is 11.4 Å². The van der Waals surface area contributed by atoms with Gasteiger partial charge in [0, 0.05) is 12.6 Å². The van der Waals surface area contributed by atoms with Crippen LogP contribution in [0.4, 0.5) is 5.13 Å². The smallest absolute Gasteiger partial charge is 0.347 e. The Morgan fingerprint density at radius 3 is 2.88 bits per heavy atom. The number of anilines is 1. The van der Waals surface area contributed by atoms with E-state index in [1.165, 1.54) is 11.3 Å². The summed E-state index contributed by atoms with van der Waals surface area (Å²) in [6, 6.07) is 2.55. The van der Waals surface area contributed by atoms with E-state index in [1.54, 1.807) is 6.92 Å². The van der Waals surface area contributed by atoms with E-state index in [-0.39, 0.29) is 0 Å². The minimum absolute atomic E-state index is 0.294. The number of aromatic carboxylic acids is 1. The van der Waals surface area contributed by atoms with Crippen molar-refractivity contribution >= 4 is 22.4 Å². The first-order chi connectivity index (χ1) is 8.13. The third-order valence-electron chi connectivity index (χ3n) is 2.68. The SMILES string of the molecule is Cc1nc(N(CCC#N)C2CC2)sc1C(=O)O. The third kappa shape index (κ3) is 2.56. The maximum absolute atomic E-state index is 11.0. The molecule has 1 fully saturated rings. The van der Waals surface area contributed by atoms with Gasteiger partial charge in [0.1, 0.15) is 4.88 Å². The molecule has 2 rings (SSSR count). The predicted octanol–water partition coefficient (Wildman–Crippen LogP) is 2.03. The number of carboxylic acid groups (broad SMARTS) is 1. The Bertz CT molecular complexity index is 474. The normalized spacial score (nSPS) is 14.4. The fraction of sp³-hybridized carbons (Fsp3) is 0.545. The van der Waals surface area contributed by atoms with E-state index in [9.17, 15) is 4.79 Å². The van der Waals surface area contributed by atoms with Crippen molar-refractivity contribution in [1.82, 2.24) is 4.98 Å². The van der Waals surface area contributed by atoms with Crippen molar-refractivity contribution in [2.24, 2.45) is 0 Å². The molecule has 1 aliphatic rings. The number of carbonyl (C=O) groups is 1. The van der Waals surface area contributed by atoms with Crippen LogP contribution in [0.1, 0.15) is 34.6 Å². The Balaban J connectivity index is 2.21. The van der Waals surface area contributed by atoms with Gasteiger partial charge in [-0.05, 0) is 19.8 Å². The first-order valence-electron chi connectivity index (χ1n) is 5.47. The molecular weight excluding hydrogens is 238 g/mol. The quantitative estimate of drug-likeness (QED) is 0.866.